The number of carbonyl (C=O) groups is 2. The van der Waals surface area contributed by atoms with Gasteiger partial charge in [0.15, 0.2) is 0 Å². The third-order valence-corrected chi connectivity index (χ3v) is 3.62. The van der Waals surface area contributed by atoms with Crippen LogP contribution in [-0.2, 0) is 4.79 Å². The Labute approximate surface area is 110 Å². The molecular weight excluding hydrogens is 248 g/mol. The van der Waals surface area contributed by atoms with Crippen molar-refractivity contribution in [1.82, 2.24) is 9.88 Å². The quantitative estimate of drug-likeness (QED) is 0.828. The molecule has 2 heterocycles. The molecule has 0 saturated carbocycles. The van der Waals surface area contributed by atoms with Crippen molar-refractivity contribution in [2.24, 2.45) is 0 Å². The number of nitrogens with zero attached hydrogens (tertiary/aromatic N) is 1. The fraction of sp³-hybridized carbons (Fsp3) is 0.462. The topological polar surface area (TPSA) is 90.5 Å². The molecule has 1 unspecified atom stereocenters. The second kappa shape index (κ2) is 4.87. The van der Waals surface area contributed by atoms with Crippen molar-refractivity contribution in [3.63, 3.8) is 0 Å². The number of carbonyl (C=O) groups excluding carboxylic acids is 1. The number of likely N-dealkylation sites (tertiary alicyclic amines) is 1. The lowest BCUT2D eigenvalue weighted by molar-refractivity contribution is -0.150. The number of aromatic amines is 1. The highest BCUT2D eigenvalue weighted by Gasteiger charge is 2.44. The Hall–Kier alpha value is -2.11. The molecule has 19 heavy (non-hydrogen) atoms. The molecule has 0 bridgehead atoms. The summed E-state index contributed by atoms with van der Waals surface area (Å²) in [7, 11) is 0. The Balaban J connectivity index is 2.36. The maximum atomic E-state index is 12.4. The number of nitrogens with one attached hydrogen (secondary N) is 1. The van der Waals surface area contributed by atoms with Gasteiger partial charge in [0.25, 0.3) is 5.91 Å². The summed E-state index contributed by atoms with van der Waals surface area (Å²) in [5, 5.41) is 9.36. The Morgan fingerprint density at radius 2 is 2.16 bits per heavy atom. The van der Waals surface area contributed by atoms with Gasteiger partial charge in [0.2, 0.25) is 5.56 Å². The molecule has 2 N–H and O–H groups in total. The maximum absolute atomic E-state index is 12.4. The fourth-order valence-electron chi connectivity index (χ4n) is 2.40. The van der Waals surface area contributed by atoms with E-state index in [4.69, 9.17) is 0 Å². The van der Waals surface area contributed by atoms with E-state index in [0.717, 1.165) is 12.8 Å². The zero-order chi connectivity index (χ0) is 14.0. The molecule has 1 amide bonds. The molecule has 1 fully saturated rings. The van der Waals surface area contributed by atoms with Crippen LogP contribution in [0.5, 0.6) is 0 Å². The van der Waals surface area contributed by atoms with Crippen molar-refractivity contribution in [1.29, 1.82) is 0 Å². The summed E-state index contributed by atoms with van der Waals surface area (Å²) in [6, 6.07) is 2.68. The highest BCUT2D eigenvalue weighted by molar-refractivity contribution is 5.97. The first kappa shape index (κ1) is 13.3. The smallest absolute Gasteiger partial charge is 0.329 e. The summed E-state index contributed by atoms with van der Waals surface area (Å²) in [5.41, 5.74) is -1.35. The lowest BCUT2D eigenvalue weighted by atomic mass is 9.88. The van der Waals surface area contributed by atoms with Crippen molar-refractivity contribution in [3.05, 3.63) is 34.2 Å². The molecule has 6 nitrogen and oxygen atoms in total. The Bertz CT molecular complexity index is 566. The average Bonchev–Trinajstić information content (AvgIpc) is 2.38. The molecule has 0 radical (unpaired) electrons. The summed E-state index contributed by atoms with van der Waals surface area (Å²) in [4.78, 5) is 38.8. The van der Waals surface area contributed by atoms with Crippen molar-refractivity contribution >= 4 is 11.9 Å². The Kier molecular flexibility index (Phi) is 3.42. The molecular formula is C13H16N2O4. The minimum absolute atomic E-state index is 0.220. The number of hydrogen-bond acceptors (Lipinski definition) is 3. The van der Waals surface area contributed by atoms with E-state index in [1.165, 1.54) is 23.2 Å². The van der Waals surface area contributed by atoms with Crippen molar-refractivity contribution < 1.29 is 14.7 Å². The third-order valence-electron chi connectivity index (χ3n) is 3.62. The van der Waals surface area contributed by atoms with Gasteiger partial charge in [-0.1, -0.05) is 0 Å². The van der Waals surface area contributed by atoms with Gasteiger partial charge in [0.05, 0.1) is 0 Å². The molecule has 1 aliphatic rings. The van der Waals surface area contributed by atoms with E-state index in [2.05, 4.69) is 4.98 Å². The van der Waals surface area contributed by atoms with Crippen LogP contribution >= 0.6 is 0 Å². The number of carboxylic acid groups (broad SMARTS) is 1. The number of hydrogen-bond donors (Lipinski definition) is 2. The van der Waals surface area contributed by atoms with Gasteiger partial charge < -0.3 is 15.0 Å². The molecule has 6 heteroatoms. The average molecular weight is 264 g/mol. The summed E-state index contributed by atoms with van der Waals surface area (Å²) in [5.74, 6) is -1.42. The number of piperidine rings is 1. The van der Waals surface area contributed by atoms with E-state index in [-0.39, 0.29) is 11.1 Å². The number of aliphatic carboxylic acids is 1. The van der Waals surface area contributed by atoms with E-state index in [9.17, 15) is 19.5 Å². The molecule has 0 spiro atoms. The van der Waals surface area contributed by atoms with Gasteiger partial charge in [-0.2, -0.15) is 0 Å². The lowest BCUT2D eigenvalue weighted by Crippen LogP contribution is -2.57. The van der Waals surface area contributed by atoms with Crippen LogP contribution < -0.4 is 5.56 Å². The van der Waals surface area contributed by atoms with Crippen LogP contribution in [-0.4, -0.2) is 39.0 Å². The molecule has 0 aliphatic carbocycles. The first-order valence-corrected chi connectivity index (χ1v) is 6.19. The zero-order valence-corrected chi connectivity index (χ0v) is 10.7. The highest BCUT2D eigenvalue weighted by Crippen LogP contribution is 2.29. The van der Waals surface area contributed by atoms with Crippen LogP contribution in [0, 0.1) is 0 Å². The van der Waals surface area contributed by atoms with E-state index < -0.39 is 17.4 Å². The molecule has 1 saturated heterocycles. The number of amides is 1. The predicted molar refractivity (Wildman–Crippen MR) is 68.0 cm³/mol. The SMILES string of the molecule is CC1(C(=O)O)CCCCN1C(=O)c1cc[nH]c(=O)c1. The van der Waals surface area contributed by atoms with E-state index >= 15 is 0 Å². The normalized spacial score (nSPS) is 23.1. The van der Waals surface area contributed by atoms with Gasteiger partial charge in [-0.15, -0.1) is 0 Å². The largest absolute Gasteiger partial charge is 0.480 e. The first-order chi connectivity index (χ1) is 8.95. The zero-order valence-electron chi connectivity index (χ0n) is 10.7. The van der Waals surface area contributed by atoms with Gasteiger partial charge >= 0.3 is 5.97 Å². The number of rotatable bonds is 2. The monoisotopic (exact) mass is 264 g/mol. The summed E-state index contributed by atoms with van der Waals surface area (Å²) >= 11 is 0. The van der Waals surface area contributed by atoms with Crippen molar-refractivity contribution in [2.75, 3.05) is 6.54 Å². The Morgan fingerprint density at radius 1 is 1.42 bits per heavy atom. The van der Waals surface area contributed by atoms with Gasteiger partial charge in [-0.3, -0.25) is 9.59 Å². The summed E-state index contributed by atoms with van der Waals surface area (Å²) in [6.07, 6.45) is 3.37. The standard InChI is InChI=1S/C13H16N2O4/c1-13(12(18)19)5-2-3-7-15(13)11(17)9-4-6-14-10(16)8-9/h4,6,8H,2-3,5,7H2,1H3,(H,14,16)(H,18,19). The molecule has 102 valence electrons. The number of carboxylic acids is 1. The highest BCUT2D eigenvalue weighted by atomic mass is 16.4. The summed E-state index contributed by atoms with van der Waals surface area (Å²) < 4.78 is 0. The van der Waals surface area contributed by atoms with Crippen LogP contribution in [0.1, 0.15) is 36.5 Å². The Morgan fingerprint density at radius 3 is 2.79 bits per heavy atom. The van der Waals surface area contributed by atoms with E-state index in [1.807, 2.05) is 0 Å². The van der Waals surface area contributed by atoms with E-state index in [0.29, 0.717) is 13.0 Å². The second-order valence-electron chi connectivity index (χ2n) is 4.93. The number of aromatic nitrogens is 1. The predicted octanol–water partition coefficient (Wildman–Crippen LogP) is 0.844. The molecule has 0 aromatic carbocycles. The minimum atomic E-state index is -1.20. The van der Waals surface area contributed by atoms with Gasteiger partial charge in [-0.25, -0.2) is 4.79 Å². The molecule has 1 aromatic rings. The van der Waals surface area contributed by atoms with Crippen LogP contribution in [0.3, 0.4) is 0 Å². The van der Waals surface area contributed by atoms with Crippen LogP contribution in [0.25, 0.3) is 0 Å². The van der Waals surface area contributed by atoms with Gasteiger partial charge in [0.1, 0.15) is 5.54 Å². The van der Waals surface area contributed by atoms with Crippen molar-refractivity contribution in [3.8, 4) is 0 Å². The molecule has 1 atom stereocenters. The first-order valence-electron chi connectivity index (χ1n) is 6.19. The molecule has 1 aromatic heterocycles. The second-order valence-corrected chi connectivity index (χ2v) is 4.93. The van der Waals surface area contributed by atoms with Crippen LogP contribution in [0.4, 0.5) is 0 Å². The van der Waals surface area contributed by atoms with Gasteiger partial charge in [0, 0.05) is 24.4 Å². The summed E-state index contributed by atoms with van der Waals surface area (Å²) in [6.45, 7) is 1.95. The van der Waals surface area contributed by atoms with Crippen molar-refractivity contribution in [2.45, 2.75) is 31.7 Å². The van der Waals surface area contributed by atoms with Crippen LogP contribution in [0.15, 0.2) is 23.1 Å². The van der Waals surface area contributed by atoms with E-state index in [1.54, 1.807) is 6.92 Å². The maximum Gasteiger partial charge on any atom is 0.329 e. The van der Waals surface area contributed by atoms with Gasteiger partial charge in [-0.05, 0) is 32.3 Å². The van der Waals surface area contributed by atoms with Crippen LogP contribution in [0.2, 0.25) is 0 Å². The number of H-pyrrole nitrogens is 1. The number of pyridine rings is 1. The molecule has 1 aliphatic heterocycles. The fourth-order valence-corrected chi connectivity index (χ4v) is 2.40. The molecule has 2 rings (SSSR count). The lowest BCUT2D eigenvalue weighted by Gasteiger charge is -2.41. The minimum Gasteiger partial charge on any atom is -0.480 e. The third kappa shape index (κ3) is 2.38.